The molecule has 0 saturated carbocycles. The van der Waals surface area contributed by atoms with Crippen LogP contribution in [0.1, 0.15) is 48.5 Å². The Morgan fingerprint density at radius 3 is 1.85 bits per heavy atom. The lowest BCUT2D eigenvalue weighted by Crippen LogP contribution is -2.53. The second-order valence-electron chi connectivity index (χ2n) is 6.19. The molecule has 0 heterocycles. The molecule has 0 aromatic rings. The van der Waals surface area contributed by atoms with Crippen molar-refractivity contribution in [2.75, 3.05) is 0 Å². The molecule has 0 fully saturated rings. The zero-order valence-electron chi connectivity index (χ0n) is 13.4. The number of esters is 1. The van der Waals surface area contributed by atoms with Crippen molar-refractivity contribution in [2.24, 2.45) is 5.92 Å². The maximum atomic E-state index is 12.1. The molecule has 0 aromatic carbocycles. The summed E-state index contributed by atoms with van der Waals surface area (Å²) < 4.78 is 5.18. The Balaban J connectivity index is 4.63. The van der Waals surface area contributed by atoms with Gasteiger partial charge in [-0.1, -0.05) is 13.8 Å². The van der Waals surface area contributed by atoms with Crippen LogP contribution in [0.15, 0.2) is 0 Å². The fourth-order valence-corrected chi connectivity index (χ4v) is 1.51. The van der Waals surface area contributed by atoms with Gasteiger partial charge in [-0.25, -0.2) is 4.79 Å². The molecule has 1 unspecified atom stereocenters. The molecule has 116 valence electrons. The first kappa shape index (κ1) is 18.4. The fraction of sp³-hybridized carbons (Fsp3) is 0.786. The highest BCUT2D eigenvalue weighted by Crippen LogP contribution is 2.09. The zero-order chi connectivity index (χ0) is 16.1. The predicted molar refractivity (Wildman–Crippen MR) is 75.9 cm³/mol. The Morgan fingerprint density at radius 1 is 1.00 bits per heavy atom. The van der Waals surface area contributed by atoms with E-state index in [0.717, 1.165) is 0 Å². The molecule has 0 spiro atoms. The molecule has 0 radical (unpaired) electrons. The van der Waals surface area contributed by atoms with Gasteiger partial charge in [0, 0.05) is 6.92 Å². The molecule has 0 aliphatic rings. The summed E-state index contributed by atoms with van der Waals surface area (Å²) in [6, 6.07) is -1.44. The second-order valence-corrected chi connectivity index (χ2v) is 6.19. The average molecular weight is 286 g/mol. The van der Waals surface area contributed by atoms with Gasteiger partial charge in [0.25, 0.3) is 0 Å². The van der Waals surface area contributed by atoms with Crippen LogP contribution in [-0.4, -0.2) is 35.5 Å². The molecule has 0 rings (SSSR count). The number of nitrogens with one attached hydrogen (secondary N) is 2. The van der Waals surface area contributed by atoms with Crippen LogP contribution < -0.4 is 10.6 Å². The first-order valence-electron chi connectivity index (χ1n) is 6.74. The smallest absolute Gasteiger partial charge is 0.328 e. The monoisotopic (exact) mass is 286 g/mol. The predicted octanol–water partition coefficient (Wildman–Crippen LogP) is 0.993. The zero-order valence-corrected chi connectivity index (χ0v) is 13.4. The molecule has 0 bridgehead atoms. The third-order valence-corrected chi connectivity index (χ3v) is 2.43. The molecule has 20 heavy (non-hydrogen) atoms. The van der Waals surface area contributed by atoms with Crippen LogP contribution in [0.2, 0.25) is 0 Å². The Hall–Kier alpha value is -1.59. The minimum absolute atomic E-state index is 0.0789. The maximum absolute atomic E-state index is 12.1. The molecule has 6 nitrogen and oxygen atoms in total. The van der Waals surface area contributed by atoms with Crippen molar-refractivity contribution in [3.8, 4) is 0 Å². The van der Waals surface area contributed by atoms with Crippen LogP contribution in [0.25, 0.3) is 0 Å². The summed E-state index contributed by atoms with van der Waals surface area (Å²) in [4.78, 5) is 34.9. The Morgan fingerprint density at radius 2 is 1.50 bits per heavy atom. The van der Waals surface area contributed by atoms with Gasteiger partial charge in [-0.05, 0) is 33.6 Å². The van der Waals surface area contributed by atoms with E-state index in [2.05, 4.69) is 10.6 Å². The number of carbonyl (C=O) groups excluding carboxylic acids is 3. The van der Waals surface area contributed by atoms with E-state index < -0.39 is 29.6 Å². The molecule has 2 N–H and O–H groups in total. The summed E-state index contributed by atoms with van der Waals surface area (Å²) in [5.74, 6) is -1.27. The topological polar surface area (TPSA) is 84.5 Å². The van der Waals surface area contributed by atoms with Crippen molar-refractivity contribution in [1.82, 2.24) is 10.6 Å². The van der Waals surface area contributed by atoms with E-state index in [1.54, 1.807) is 27.7 Å². The van der Waals surface area contributed by atoms with Crippen molar-refractivity contribution in [1.29, 1.82) is 0 Å². The lowest BCUT2D eigenvalue weighted by atomic mass is 10.0. The molecular weight excluding hydrogens is 260 g/mol. The highest BCUT2D eigenvalue weighted by atomic mass is 16.6. The number of amides is 2. The van der Waals surface area contributed by atoms with Gasteiger partial charge in [0.05, 0.1) is 0 Å². The van der Waals surface area contributed by atoms with Crippen LogP contribution in [0.5, 0.6) is 0 Å². The third-order valence-electron chi connectivity index (χ3n) is 2.43. The Bertz CT molecular complexity index is 372. The van der Waals surface area contributed by atoms with Crippen molar-refractivity contribution in [3.05, 3.63) is 0 Å². The molecule has 6 heteroatoms. The van der Waals surface area contributed by atoms with E-state index >= 15 is 0 Å². The molecule has 0 aliphatic carbocycles. The van der Waals surface area contributed by atoms with E-state index in [0.29, 0.717) is 0 Å². The van der Waals surface area contributed by atoms with Crippen LogP contribution in [0.3, 0.4) is 0 Å². The summed E-state index contributed by atoms with van der Waals surface area (Å²) in [7, 11) is 0. The fourth-order valence-electron chi connectivity index (χ4n) is 1.51. The van der Waals surface area contributed by atoms with Gasteiger partial charge in [-0.15, -0.1) is 0 Å². The molecule has 0 aliphatic heterocycles. The lowest BCUT2D eigenvalue weighted by Gasteiger charge is -2.25. The highest BCUT2D eigenvalue weighted by Gasteiger charge is 2.28. The summed E-state index contributed by atoms with van der Waals surface area (Å²) in [6.45, 7) is 11.8. The lowest BCUT2D eigenvalue weighted by molar-refractivity contribution is -0.158. The highest BCUT2D eigenvalue weighted by molar-refractivity contribution is 5.90. The summed E-state index contributed by atoms with van der Waals surface area (Å²) in [5, 5.41) is 5.13. The van der Waals surface area contributed by atoms with Gasteiger partial charge in [-0.3, -0.25) is 9.59 Å². The Kier molecular flexibility index (Phi) is 6.68. The minimum atomic E-state index is -0.767. The summed E-state index contributed by atoms with van der Waals surface area (Å²) in [5.41, 5.74) is -0.606. The van der Waals surface area contributed by atoms with Crippen LogP contribution in [-0.2, 0) is 19.1 Å². The number of carbonyl (C=O) groups is 3. The summed E-state index contributed by atoms with van der Waals surface area (Å²) >= 11 is 0. The molecule has 2 amide bonds. The van der Waals surface area contributed by atoms with E-state index in [1.807, 2.05) is 13.8 Å². The first-order valence-corrected chi connectivity index (χ1v) is 6.74. The third kappa shape index (κ3) is 7.11. The number of rotatable bonds is 5. The van der Waals surface area contributed by atoms with Gasteiger partial charge < -0.3 is 15.4 Å². The molecule has 0 saturated heterocycles. The quantitative estimate of drug-likeness (QED) is 0.738. The molecular formula is C14H26N2O4. The van der Waals surface area contributed by atoms with Gasteiger partial charge in [0.15, 0.2) is 0 Å². The van der Waals surface area contributed by atoms with Gasteiger partial charge in [0.1, 0.15) is 17.7 Å². The van der Waals surface area contributed by atoms with Gasteiger partial charge in [-0.2, -0.15) is 0 Å². The van der Waals surface area contributed by atoms with E-state index in [4.69, 9.17) is 4.74 Å². The van der Waals surface area contributed by atoms with Crippen LogP contribution >= 0.6 is 0 Å². The minimum Gasteiger partial charge on any atom is -0.458 e. The second kappa shape index (κ2) is 7.26. The van der Waals surface area contributed by atoms with E-state index in [1.165, 1.54) is 6.92 Å². The maximum Gasteiger partial charge on any atom is 0.328 e. The van der Waals surface area contributed by atoms with Crippen LogP contribution in [0, 0.1) is 5.92 Å². The average Bonchev–Trinajstić information content (AvgIpc) is 2.22. The number of hydrogen-bond donors (Lipinski definition) is 2. The number of ether oxygens (including phenoxy) is 1. The van der Waals surface area contributed by atoms with Crippen molar-refractivity contribution >= 4 is 17.8 Å². The van der Waals surface area contributed by atoms with Crippen molar-refractivity contribution < 1.29 is 19.1 Å². The SMILES string of the molecule is CC(=O)NC(C(=O)N[C@@H](C)C(=O)OC(C)(C)C)C(C)C. The van der Waals surface area contributed by atoms with Crippen LogP contribution in [0.4, 0.5) is 0 Å². The van der Waals surface area contributed by atoms with Crippen molar-refractivity contribution in [2.45, 2.75) is 66.2 Å². The first-order chi connectivity index (χ1) is 8.94. The normalized spacial score (nSPS) is 14.4. The molecule has 2 atom stereocenters. The molecule has 0 aromatic heterocycles. The standard InChI is InChI=1S/C14H26N2O4/c1-8(2)11(16-10(4)17)12(18)15-9(3)13(19)20-14(5,6)7/h8-9,11H,1-7H3,(H,15,18)(H,16,17)/t9-,11?/m0/s1. The largest absolute Gasteiger partial charge is 0.458 e. The Labute approximate surface area is 120 Å². The van der Waals surface area contributed by atoms with Crippen molar-refractivity contribution in [3.63, 3.8) is 0 Å². The van der Waals surface area contributed by atoms with Gasteiger partial charge >= 0.3 is 5.97 Å². The number of hydrogen-bond acceptors (Lipinski definition) is 4. The van der Waals surface area contributed by atoms with E-state index in [9.17, 15) is 14.4 Å². The van der Waals surface area contributed by atoms with E-state index in [-0.39, 0.29) is 11.8 Å². The summed E-state index contributed by atoms with van der Waals surface area (Å²) in [6.07, 6.45) is 0. The van der Waals surface area contributed by atoms with Gasteiger partial charge in [0.2, 0.25) is 11.8 Å².